The molecule has 0 bridgehead atoms. The van der Waals surface area contributed by atoms with Crippen LogP contribution in [0.25, 0.3) is 0 Å². The summed E-state index contributed by atoms with van der Waals surface area (Å²) in [6, 6.07) is -0.134. The van der Waals surface area contributed by atoms with Crippen molar-refractivity contribution in [3.63, 3.8) is 0 Å². The van der Waals surface area contributed by atoms with E-state index in [0.29, 0.717) is 32.8 Å². The van der Waals surface area contributed by atoms with Gasteiger partial charge in [-0.25, -0.2) is 4.79 Å². The Balaban J connectivity index is 2.39. The number of ether oxygens (including phenoxy) is 1. The zero-order chi connectivity index (χ0) is 12.9. The van der Waals surface area contributed by atoms with Crippen molar-refractivity contribution >= 4 is 11.9 Å². The molecule has 0 unspecified atom stereocenters. The average Bonchev–Trinajstić information content (AvgIpc) is 2.36. The van der Waals surface area contributed by atoms with Gasteiger partial charge in [0, 0.05) is 26.7 Å². The molecule has 1 aliphatic rings. The lowest BCUT2D eigenvalue weighted by Gasteiger charge is -2.29. The molecule has 1 heterocycles. The fourth-order valence-corrected chi connectivity index (χ4v) is 1.59. The summed E-state index contributed by atoms with van der Waals surface area (Å²) < 4.78 is 5.17. The van der Waals surface area contributed by atoms with Crippen molar-refractivity contribution in [3.8, 4) is 0 Å². The molecule has 0 radical (unpaired) electrons. The topological polar surface area (TPSA) is 70.7 Å². The van der Waals surface area contributed by atoms with Crippen molar-refractivity contribution < 1.29 is 14.3 Å². The van der Waals surface area contributed by atoms with E-state index in [2.05, 4.69) is 10.6 Å². The molecule has 0 saturated carbocycles. The summed E-state index contributed by atoms with van der Waals surface area (Å²) in [7, 11) is 1.59. The van der Waals surface area contributed by atoms with Crippen LogP contribution in [0.3, 0.4) is 0 Å². The standard InChI is InChI=1S/C11H21N3O3/c1-11(2,9(15)12-3)8-13-10(16)14-4-6-17-7-5-14/h4-8H2,1-3H3,(H,12,15)(H,13,16). The first-order chi connectivity index (χ1) is 7.97. The van der Waals surface area contributed by atoms with E-state index < -0.39 is 5.41 Å². The van der Waals surface area contributed by atoms with Crippen LogP contribution in [0.2, 0.25) is 0 Å². The smallest absolute Gasteiger partial charge is 0.317 e. The SMILES string of the molecule is CNC(=O)C(C)(C)CNC(=O)N1CCOCC1. The van der Waals surface area contributed by atoms with Crippen molar-refractivity contribution in [1.29, 1.82) is 0 Å². The van der Waals surface area contributed by atoms with E-state index in [1.165, 1.54) is 0 Å². The van der Waals surface area contributed by atoms with Crippen LogP contribution in [-0.2, 0) is 9.53 Å². The molecule has 0 aromatic rings. The number of urea groups is 1. The Morgan fingerprint density at radius 2 is 1.88 bits per heavy atom. The zero-order valence-electron chi connectivity index (χ0n) is 10.7. The molecular formula is C11H21N3O3. The highest BCUT2D eigenvalue weighted by molar-refractivity contribution is 5.83. The first-order valence-corrected chi connectivity index (χ1v) is 5.80. The van der Waals surface area contributed by atoms with Crippen molar-refractivity contribution in [3.05, 3.63) is 0 Å². The molecule has 2 N–H and O–H groups in total. The number of carbonyl (C=O) groups is 2. The molecule has 0 aromatic carbocycles. The predicted octanol–water partition coefficient (Wildman–Crippen LogP) is -0.200. The third-order valence-electron chi connectivity index (χ3n) is 2.82. The van der Waals surface area contributed by atoms with Crippen LogP contribution in [0.4, 0.5) is 4.79 Å². The lowest BCUT2D eigenvalue weighted by atomic mass is 9.92. The number of carbonyl (C=O) groups excluding carboxylic acids is 2. The minimum absolute atomic E-state index is 0.0835. The van der Waals surface area contributed by atoms with Crippen LogP contribution < -0.4 is 10.6 Å². The van der Waals surface area contributed by atoms with Gasteiger partial charge in [0.15, 0.2) is 0 Å². The number of morpholine rings is 1. The number of hydrogen-bond donors (Lipinski definition) is 2. The minimum Gasteiger partial charge on any atom is -0.378 e. The first-order valence-electron chi connectivity index (χ1n) is 5.80. The fourth-order valence-electron chi connectivity index (χ4n) is 1.59. The second-order valence-corrected chi connectivity index (χ2v) is 4.72. The van der Waals surface area contributed by atoms with Gasteiger partial charge in [0.25, 0.3) is 0 Å². The highest BCUT2D eigenvalue weighted by Gasteiger charge is 2.28. The molecule has 3 amide bonds. The van der Waals surface area contributed by atoms with Crippen LogP contribution in [0, 0.1) is 5.41 Å². The van der Waals surface area contributed by atoms with E-state index in [9.17, 15) is 9.59 Å². The van der Waals surface area contributed by atoms with E-state index in [0.717, 1.165) is 0 Å². The number of nitrogens with zero attached hydrogens (tertiary/aromatic N) is 1. The molecule has 17 heavy (non-hydrogen) atoms. The van der Waals surface area contributed by atoms with Gasteiger partial charge >= 0.3 is 6.03 Å². The van der Waals surface area contributed by atoms with Gasteiger partial charge in [-0.3, -0.25) is 4.79 Å². The van der Waals surface area contributed by atoms with Crippen LogP contribution >= 0.6 is 0 Å². The summed E-state index contributed by atoms with van der Waals surface area (Å²) in [5.41, 5.74) is -0.600. The quantitative estimate of drug-likeness (QED) is 0.721. The molecule has 6 heteroatoms. The Bertz CT molecular complexity index is 286. The van der Waals surface area contributed by atoms with Gasteiger partial charge in [0.05, 0.1) is 18.6 Å². The highest BCUT2D eigenvalue weighted by Crippen LogP contribution is 2.13. The van der Waals surface area contributed by atoms with Crippen molar-refractivity contribution in [2.45, 2.75) is 13.8 Å². The van der Waals surface area contributed by atoms with Gasteiger partial charge in [0.1, 0.15) is 0 Å². The Morgan fingerprint density at radius 3 is 2.41 bits per heavy atom. The number of hydrogen-bond acceptors (Lipinski definition) is 3. The van der Waals surface area contributed by atoms with Crippen molar-refractivity contribution in [2.24, 2.45) is 5.41 Å². The molecule has 0 atom stereocenters. The van der Waals surface area contributed by atoms with Crippen molar-refractivity contribution in [1.82, 2.24) is 15.5 Å². The first kappa shape index (κ1) is 13.8. The zero-order valence-corrected chi connectivity index (χ0v) is 10.7. The molecular weight excluding hydrogens is 222 g/mol. The normalized spacial score (nSPS) is 16.5. The van der Waals surface area contributed by atoms with Gasteiger partial charge in [-0.1, -0.05) is 0 Å². The molecule has 1 rings (SSSR count). The highest BCUT2D eigenvalue weighted by atomic mass is 16.5. The average molecular weight is 243 g/mol. The maximum Gasteiger partial charge on any atom is 0.317 e. The molecule has 1 fully saturated rings. The van der Waals surface area contributed by atoms with Gasteiger partial charge in [0.2, 0.25) is 5.91 Å². The Kier molecular flexibility index (Phi) is 4.74. The third-order valence-corrected chi connectivity index (χ3v) is 2.82. The second-order valence-electron chi connectivity index (χ2n) is 4.72. The summed E-state index contributed by atoms with van der Waals surface area (Å²) >= 11 is 0. The maximum atomic E-state index is 11.8. The molecule has 6 nitrogen and oxygen atoms in total. The molecule has 0 aliphatic carbocycles. The van der Waals surface area contributed by atoms with E-state index in [-0.39, 0.29) is 11.9 Å². The number of rotatable bonds is 3. The monoisotopic (exact) mass is 243 g/mol. The number of nitrogens with one attached hydrogen (secondary N) is 2. The molecule has 0 spiro atoms. The van der Waals surface area contributed by atoms with E-state index in [1.807, 2.05) is 0 Å². The maximum absolute atomic E-state index is 11.8. The number of amides is 3. The minimum atomic E-state index is -0.600. The van der Waals surface area contributed by atoms with Gasteiger partial charge < -0.3 is 20.3 Å². The van der Waals surface area contributed by atoms with E-state index in [1.54, 1.807) is 25.8 Å². The molecule has 0 aromatic heterocycles. The Labute approximate surface area is 102 Å². The largest absolute Gasteiger partial charge is 0.378 e. The van der Waals surface area contributed by atoms with Gasteiger partial charge in [-0.05, 0) is 13.8 Å². The Morgan fingerprint density at radius 1 is 1.29 bits per heavy atom. The fraction of sp³-hybridized carbons (Fsp3) is 0.818. The summed E-state index contributed by atoms with van der Waals surface area (Å²) in [5.74, 6) is -0.0835. The summed E-state index contributed by atoms with van der Waals surface area (Å²) in [6.07, 6.45) is 0. The van der Waals surface area contributed by atoms with E-state index >= 15 is 0 Å². The summed E-state index contributed by atoms with van der Waals surface area (Å²) in [6.45, 7) is 6.27. The predicted molar refractivity (Wildman–Crippen MR) is 63.6 cm³/mol. The van der Waals surface area contributed by atoms with Crippen LogP contribution in [0.15, 0.2) is 0 Å². The van der Waals surface area contributed by atoms with Crippen LogP contribution in [0.1, 0.15) is 13.8 Å². The Hall–Kier alpha value is -1.30. The van der Waals surface area contributed by atoms with Crippen LogP contribution in [-0.4, -0.2) is 56.7 Å². The lowest BCUT2D eigenvalue weighted by Crippen LogP contribution is -2.50. The van der Waals surface area contributed by atoms with Crippen molar-refractivity contribution in [2.75, 3.05) is 39.9 Å². The van der Waals surface area contributed by atoms with Crippen LogP contribution in [0.5, 0.6) is 0 Å². The van der Waals surface area contributed by atoms with Gasteiger partial charge in [-0.15, -0.1) is 0 Å². The summed E-state index contributed by atoms with van der Waals surface area (Å²) in [4.78, 5) is 25.0. The second kappa shape index (κ2) is 5.86. The van der Waals surface area contributed by atoms with E-state index in [4.69, 9.17) is 4.74 Å². The molecule has 1 aliphatic heterocycles. The summed E-state index contributed by atoms with van der Waals surface area (Å²) in [5, 5.41) is 5.36. The molecule has 98 valence electrons. The molecule has 1 saturated heterocycles. The van der Waals surface area contributed by atoms with Gasteiger partial charge in [-0.2, -0.15) is 0 Å². The lowest BCUT2D eigenvalue weighted by molar-refractivity contribution is -0.128. The third kappa shape index (κ3) is 3.89.